The van der Waals surface area contributed by atoms with E-state index in [2.05, 4.69) is 127 Å². The van der Waals surface area contributed by atoms with Gasteiger partial charge in [-0.15, -0.1) is 0 Å². The predicted molar refractivity (Wildman–Crippen MR) is 208 cm³/mol. The Morgan fingerprint density at radius 2 is 0.846 bits per heavy atom. The van der Waals surface area contributed by atoms with Crippen molar-refractivity contribution in [3.05, 3.63) is 207 Å². The Kier molecular flexibility index (Phi) is 7.02. The first-order valence-corrected chi connectivity index (χ1v) is 18.2. The second-order valence-corrected chi connectivity index (χ2v) is 14.6. The van der Waals surface area contributed by atoms with E-state index in [-0.39, 0.29) is 11.3 Å². The van der Waals surface area contributed by atoms with Gasteiger partial charge in [-0.3, -0.25) is 9.59 Å². The largest absolute Gasteiger partial charge is 0.276 e. The number of fused-ring (bicyclic) bond motifs is 9. The van der Waals surface area contributed by atoms with Crippen LogP contribution in [0.3, 0.4) is 0 Å². The summed E-state index contributed by atoms with van der Waals surface area (Å²) in [5.74, 6) is 0. The van der Waals surface area contributed by atoms with E-state index < -0.39 is 15.9 Å². The van der Waals surface area contributed by atoms with Crippen LogP contribution in [0.25, 0.3) is 33.4 Å². The molecule has 0 saturated heterocycles. The lowest BCUT2D eigenvalue weighted by atomic mass is 9.62. The van der Waals surface area contributed by atoms with Crippen LogP contribution in [0.5, 0.6) is 0 Å². The molecule has 6 aromatic carbocycles. The molecule has 0 aliphatic heterocycles. The van der Waals surface area contributed by atoms with E-state index in [9.17, 15) is 9.59 Å². The summed E-state index contributed by atoms with van der Waals surface area (Å²) in [4.78, 5) is 31.3. The zero-order chi connectivity index (χ0) is 35.1. The molecule has 0 radical (unpaired) electrons. The van der Waals surface area contributed by atoms with Crippen LogP contribution in [0.2, 0.25) is 0 Å². The van der Waals surface area contributed by atoms with E-state index in [0.29, 0.717) is 5.69 Å². The third-order valence-electron chi connectivity index (χ3n) is 11.4. The third-order valence-corrected chi connectivity index (χ3v) is 11.8. The Bertz CT molecular complexity index is 2430. The van der Waals surface area contributed by atoms with Crippen LogP contribution in [-0.4, -0.2) is 15.5 Å². The van der Waals surface area contributed by atoms with Crippen LogP contribution < -0.4 is 0 Å². The van der Waals surface area contributed by atoms with Crippen LogP contribution in [0.15, 0.2) is 140 Å². The summed E-state index contributed by atoms with van der Waals surface area (Å²) in [6.07, 6.45) is 2.18. The number of rotatable bonds is 6. The van der Waals surface area contributed by atoms with Crippen LogP contribution in [0.4, 0.5) is 0 Å². The number of halogens is 2. The molecule has 52 heavy (non-hydrogen) atoms. The highest BCUT2D eigenvalue weighted by atomic mass is 35.5. The minimum atomic E-state index is -1.10. The summed E-state index contributed by atoms with van der Waals surface area (Å²) in [5, 5.41) is -1.43. The second-order valence-electron chi connectivity index (χ2n) is 13.9. The van der Waals surface area contributed by atoms with E-state index >= 15 is 0 Å². The smallest absolute Gasteiger partial charge is 0.270 e. The van der Waals surface area contributed by atoms with Gasteiger partial charge in [-0.2, -0.15) is 0 Å². The van der Waals surface area contributed by atoms with Gasteiger partial charge in [0.1, 0.15) is 5.69 Å². The topological polar surface area (TPSA) is 47.0 Å². The number of nitrogens with zero attached hydrogens (tertiary/aromatic N) is 1. The van der Waals surface area contributed by atoms with Gasteiger partial charge in [0.2, 0.25) is 0 Å². The fourth-order valence-corrected chi connectivity index (χ4v) is 9.52. The van der Waals surface area contributed by atoms with E-state index in [4.69, 9.17) is 28.2 Å². The lowest BCUT2D eigenvalue weighted by Crippen LogP contribution is -2.36. The highest BCUT2D eigenvalue weighted by molar-refractivity contribution is 6.69. The number of carbonyl (C=O) groups is 2. The maximum atomic E-state index is 13.1. The van der Waals surface area contributed by atoms with E-state index in [0.717, 1.165) is 36.0 Å². The number of aromatic nitrogens is 1. The summed E-state index contributed by atoms with van der Waals surface area (Å²) in [5.41, 5.74) is 17.2. The van der Waals surface area contributed by atoms with Gasteiger partial charge in [-0.05, 0) is 138 Å². The monoisotopic (exact) mass is 709 g/mol. The third kappa shape index (κ3) is 4.43. The quantitative estimate of drug-likeness (QED) is 0.127. The summed E-state index contributed by atoms with van der Waals surface area (Å²) in [6.45, 7) is 0. The summed E-state index contributed by atoms with van der Waals surface area (Å²) in [6, 6.07) is 48.5. The van der Waals surface area contributed by atoms with Crippen molar-refractivity contribution >= 4 is 33.7 Å². The van der Waals surface area contributed by atoms with Crippen LogP contribution in [0, 0.1) is 0 Å². The Balaban J connectivity index is 1.41. The summed E-state index contributed by atoms with van der Waals surface area (Å²) < 4.78 is 0. The lowest BCUT2D eigenvalue weighted by Gasteiger charge is -2.40. The normalized spacial score (nSPS) is 13.1. The van der Waals surface area contributed by atoms with Crippen LogP contribution >= 0.6 is 23.2 Å². The molecule has 0 unspecified atom stereocenters. The molecule has 1 heterocycles. The maximum absolute atomic E-state index is 13.1. The van der Waals surface area contributed by atoms with Crippen molar-refractivity contribution in [2.45, 2.75) is 24.7 Å². The number of carbonyl (C=O) groups excluding carboxylic acids is 2. The zero-order valence-corrected chi connectivity index (χ0v) is 29.4. The Labute approximate surface area is 311 Å². The highest BCUT2D eigenvalue weighted by Gasteiger charge is 2.47. The van der Waals surface area contributed by atoms with Crippen molar-refractivity contribution in [3.8, 4) is 33.4 Å². The van der Waals surface area contributed by atoms with Gasteiger partial charge in [0.15, 0.2) is 0 Å². The average Bonchev–Trinajstić information content (AvgIpc) is 3.87. The van der Waals surface area contributed by atoms with Crippen molar-refractivity contribution in [2.24, 2.45) is 0 Å². The first-order valence-electron chi connectivity index (χ1n) is 17.5. The van der Waals surface area contributed by atoms with Crippen molar-refractivity contribution in [2.75, 3.05) is 0 Å². The fourth-order valence-electron chi connectivity index (χ4n) is 9.31. The molecule has 3 aliphatic carbocycles. The minimum absolute atomic E-state index is 0.0184. The molecule has 0 saturated carbocycles. The van der Waals surface area contributed by atoms with E-state index in [1.165, 1.54) is 72.8 Å². The molecule has 3 nitrogen and oxygen atoms in total. The molecule has 0 fully saturated rings. The zero-order valence-electron chi connectivity index (χ0n) is 27.9. The van der Waals surface area contributed by atoms with Gasteiger partial charge in [0.25, 0.3) is 10.5 Å². The van der Waals surface area contributed by atoms with Crippen LogP contribution in [0.1, 0.15) is 76.6 Å². The number of hydrogen-bond acceptors (Lipinski definition) is 3. The fraction of sp³-hybridized carbons (Fsp3) is 0.0851. The van der Waals surface area contributed by atoms with E-state index in [1.54, 1.807) is 6.07 Å². The Morgan fingerprint density at radius 3 is 1.23 bits per heavy atom. The molecule has 248 valence electrons. The molecule has 0 N–H and O–H groups in total. The van der Waals surface area contributed by atoms with E-state index in [1.807, 2.05) is 0 Å². The number of benzene rings is 6. The molecule has 1 aromatic heterocycles. The first-order chi connectivity index (χ1) is 25.4. The van der Waals surface area contributed by atoms with Gasteiger partial charge in [-0.1, -0.05) is 127 Å². The number of hydrogen-bond donors (Lipinski definition) is 0. The molecule has 0 spiro atoms. The summed E-state index contributed by atoms with van der Waals surface area (Å²) in [7, 11) is 0. The predicted octanol–water partition coefficient (Wildman–Crippen LogP) is 10.9. The molecule has 7 aromatic rings. The van der Waals surface area contributed by atoms with Crippen molar-refractivity contribution in [1.29, 1.82) is 0 Å². The molecule has 0 atom stereocenters. The molecular formula is C47H29Cl2NO2. The Morgan fingerprint density at radius 1 is 0.462 bits per heavy atom. The maximum Gasteiger partial charge on any atom is 0.270 e. The Hall–Kier alpha value is -5.61. The van der Waals surface area contributed by atoms with Crippen molar-refractivity contribution in [3.63, 3.8) is 0 Å². The molecule has 5 heteroatoms. The van der Waals surface area contributed by atoms with Gasteiger partial charge < -0.3 is 0 Å². The first kappa shape index (κ1) is 31.2. The van der Waals surface area contributed by atoms with Gasteiger partial charge >= 0.3 is 0 Å². The van der Waals surface area contributed by atoms with Crippen molar-refractivity contribution in [1.82, 2.24) is 4.98 Å². The molecular weight excluding hydrogens is 681 g/mol. The molecule has 10 rings (SSSR count). The average molecular weight is 711 g/mol. The molecule has 3 aliphatic rings. The van der Waals surface area contributed by atoms with Crippen molar-refractivity contribution < 1.29 is 9.59 Å². The lowest BCUT2D eigenvalue weighted by molar-refractivity contribution is 0.107. The minimum Gasteiger partial charge on any atom is -0.276 e. The molecule has 0 bridgehead atoms. The summed E-state index contributed by atoms with van der Waals surface area (Å²) >= 11 is 12.5. The standard InChI is InChI=1S/C47H29Cl2NO2/c48-45(51)30-25-43(46(49)52)50-44(26-30)47(40-19-7-16-34-31-13-4-1-10-27(31)22-37(34)40,41-20-8-17-35-32-14-5-2-11-28(32)23-38(35)41)42-21-9-18-36-33-15-6-3-12-29(33)24-39(36)42/h1-21,25-26H,22-24H2. The van der Waals surface area contributed by atoms with Gasteiger partial charge in [-0.25, -0.2) is 4.98 Å². The SMILES string of the molecule is O=C(Cl)c1cc(C(=O)Cl)nc(C(c2cccc3c2Cc2ccccc2-3)(c2cccc3c2Cc2ccccc2-3)c2cccc3c2Cc2ccccc2-3)c1. The highest BCUT2D eigenvalue weighted by Crippen LogP contribution is 2.56. The van der Waals surface area contributed by atoms with Gasteiger partial charge in [0, 0.05) is 5.56 Å². The van der Waals surface area contributed by atoms with Gasteiger partial charge in [0.05, 0.1) is 11.1 Å². The van der Waals surface area contributed by atoms with Crippen LogP contribution in [-0.2, 0) is 24.7 Å². The molecule has 0 amide bonds. The number of pyridine rings is 1. The second kappa shape index (κ2) is 11.7.